The summed E-state index contributed by atoms with van der Waals surface area (Å²) in [5.41, 5.74) is 6.34. The van der Waals surface area contributed by atoms with Crippen LogP contribution in [0.15, 0.2) is 18.2 Å². The van der Waals surface area contributed by atoms with Crippen molar-refractivity contribution < 1.29 is 9.59 Å². The number of rotatable bonds is 5. The van der Waals surface area contributed by atoms with Crippen molar-refractivity contribution in [3.63, 3.8) is 0 Å². The minimum Gasteiger partial charge on any atom is -0.330 e. The Kier molecular flexibility index (Phi) is 8.14. The first-order valence-corrected chi connectivity index (χ1v) is 5.98. The molecule has 5 nitrogen and oxygen atoms in total. The maximum Gasteiger partial charge on any atom is 0.224 e. The zero-order valence-electron chi connectivity index (χ0n) is 10.5. The third kappa shape index (κ3) is 6.42. The van der Waals surface area contributed by atoms with Crippen molar-refractivity contribution >= 4 is 47.2 Å². The average Bonchev–Trinajstić information content (AvgIpc) is 2.29. The first-order valence-electron chi connectivity index (χ1n) is 5.60. The van der Waals surface area contributed by atoms with E-state index in [-0.39, 0.29) is 24.2 Å². The van der Waals surface area contributed by atoms with Gasteiger partial charge in [-0.25, -0.2) is 0 Å². The largest absolute Gasteiger partial charge is 0.330 e. The molecule has 0 bridgehead atoms. The van der Waals surface area contributed by atoms with Crippen molar-refractivity contribution in [3.05, 3.63) is 23.2 Å². The number of carbonyl (C=O) groups is 2. The Morgan fingerprint density at radius 2 is 1.95 bits per heavy atom. The van der Waals surface area contributed by atoms with E-state index >= 15 is 0 Å². The van der Waals surface area contributed by atoms with Crippen molar-refractivity contribution in [1.29, 1.82) is 0 Å². The van der Waals surface area contributed by atoms with Gasteiger partial charge in [0, 0.05) is 18.4 Å². The van der Waals surface area contributed by atoms with Crippen molar-refractivity contribution in [2.45, 2.75) is 19.8 Å². The second-order valence-electron chi connectivity index (χ2n) is 3.81. The Morgan fingerprint density at radius 1 is 1.26 bits per heavy atom. The lowest BCUT2D eigenvalue weighted by molar-refractivity contribution is -0.116. The molecule has 0 saturated carbocycles. The zero-order valence-corrected chi connectivity index (χ0v) is 12.1. The van der Waals surface area contributed by atoms with Gasteiger partial charge in [-0.2, -0.15) is 0 Å². The highest BCUT2D eigenvalue weighted by atomic mass is 35.5. The van der Waals surface area contributed by atoms with Crippen LogP contribution in [0.1, 0.15) is 19.8 Å². The third-order valence-corrected chi connectivity index (χ3v) is 2.41. The van der Waals surface area contributed by atoms with Gasteiger partial charge in [0.2, 0.25) is 11.8 Å². The maximum atomic E-state index is 11.6. The van der Waals surface area contributed by atoms with Crippen LogP contribution in [0.25, 0.3) is 0 Å². The van der Waals surface area contributed by atoms with Crippen LogP contribution in [0.5, 0.6) is 0 Å². The standard InChI is InChI=1S/C12H16ClN3O2.ClH/c1-8(17)15-11-7-9(13)4-5-10(11)16-12(18)3-2-6-14;/h4-5,7H,2-3,6,14H2,1H3,(H,15,17)(H,16,18);1H. The molecule has 0 aliphatic rings. The Balaban J connectivity index is 0.00000324. The van der Waals surface area contributed by atoms with Gasteiger partial charge in [-0.05, 0) is 31.2 Å². The van der Waals surface area contributed by atoms with E-state index in [0.29, 0.717) is 35.8 Å². The fraction of sp³-hybridized carbons (Fsp3) is 0.333. The number of nitrogens with one attached hydrogen (secondary N) is 2. The first kappa shape index (κ1) is 17.7. The van der Waals surface area contributed by atoms with Crippen molar-refractivity contribution in [3.8, 4) is 0 Å². The molecule has 0 fully saturated rings. The summed E-state index contributed by atoms with van der Waals surface area (Å²) < 4.78 is 0. The Bertz CT molecular complexity index is 453. The van der Waals surface area contributed by atoms with Gasteiger partial charge in [-0.15, -0.1) is 12.4 Å². The van der Waals surface area contributed by atoms with E-state index in [4.69, 9.17) is 17.3 Å². The predicted molar refractivity (Wildman–Crippen MR) is 79.9 cm³/mol. The van der Waals surface area contributed by atoms with Gasteiger partial charge < -0.3 is 16.4 Å². The molecule has 1 aromatic rings. The highest BCUT2D eigenvalue weighted by Crippen LogP contribution is 2.26. The summed E-state index contributed by atoms with van der Waals surface area (Å²) in [5.74, 6) is -0.371. The van der Waals surface area contributed by atoms with Crippen LogP contribution < -0.4 is 16.4 Å². The SMILES string of the molecule is CC(=O)Nc1cc(Cl)ccc1NC(=O)CCCN.Cl. The molecule has 0 radical (unpaired) electrons. The summed E-state index contributed by atoms with van der Waals surface area (Å²) in [6.07, 6.45) is 0.966. The smallest absolute Gasteiger partial charge is 0.224 e. The predicted octanol–water partition coefficient (Wildman–Crippen LogP) is 2.40. The summed E-state index contributed by atoms with van der Waals surface area (Å²) >= 11 is 5.84. The molecule has 1 rings (SSSR count). The molecule has 106 valence electrons. The van der Waals surface area contributed by atoms with Crippen LogP contribution in [-0.2, 0) is 9.59 Å². The van der Waals surface area contributed by atoms with Crippen LogP contribution in [0, 0.1) is 0 Å². The molecule has 0 spiro atoms. The Morgan fingerprint density at radius 3 is 2.53 bits per heavy atom. The number of nitrogens with two attached hydrogens (primary N) is 1. The Hall–Kier alpha value is -1.30. The number of benzene rings is 1. The number of anilines is 2. The van der Waals surface area contributed by atoms with Gasteiger partial charge in [0.25, 0.3) is 0 Å². The molecule has 0 aliphatic carbocycles. The van der Waals surface area contributed by atoms with Crippen molar-refractivity contribution in [2.75, 3.05) is 17.2 Å². The fourth-order valence-electron chi connectivity index (χ4n) is 1.39. The summed E-state index contributed by atoms with van der Waals surface area (Å²) in [4.78, 5) is 22.6. The van der Waals surface area contributed by atoms with Gasteiger partial charge in [0.15, 0.2) is 0 Å². The molecule has 1 aromatic carbocycles. The summed E-state index contributed by atoms with van der Waals surface area (Å²) in [7, 11) is 0. The van der Waals surface area contributed by atoms with E-state index in [1.54, 1.807) is 18.2 Å². The molecule has 4 N–H and O–H groups in total. The van der Waals surface area contributed by atoms with Gasteiger partial charge in [0.1, 0.15) is 0 Å². The molecule has 0 aromatic heterocycles. The lowest BCUT2D eigenvalue weighted by Gasteiger charge is -2.11. The first-order chi connectivity index (χ1) is 8.52. The second kappa shape index (κ2) is 8.74. The fourth-order valence-corrected chi connectivity index (χ4v) is 1.57. The van der Waals surface area contributed by atoms with E-state index in [2.05, 4.69) is 10.6 Å². The normalized spacial score (nSPS) is 9.42. The lowest BCUT2D eigenvalue weighted by Crippen LogP contribution is -2.16. The minimum atomic E-state index is -0.227. The monoisotopic (exact) mass is 305 g/mol. The summed E-state index contributed by atoms with van der Waals surface area (Å²) in [5, 5.41) is 5.81. The number of carbonyl (C=O) groups excluding carboxylic acids is 2. The minimum absolute atomic E-state index is 0. The number of amides is 2. The van der Waals surface area contributed by atoms with Crippen molar-refractivity contribution in [2.24, 2.45) is 5.73 Å². The molecular weight excluding hydrogens is 289 g/mol. The number of hydrogen-bond acceptors (Lipinski definition) is 3. The molecule has 7 heteroatoms. The van der Waals surface area contributed by atoms with E-state index < -0.39 is 0 Å². The topological polar surface area (TPSA) is 84.2 Å². The number of hydrogen-bond donors (Lipinski definition) is 3. The molecule has 0 atom stereocenters. The zero-order chi connectivity index (χ0) is 13.5. The molecule has 2 amide bonds. The summed E-state index contributed by atoms with van der Waals surface area (Å²) in [6, 6.07) is 4.88. The van der Waals surface area contributed by atoms with Crippen LogP contribution in [-0.4, -0.2) is 18.4 Å². The van der Waals surface area contributed by atoms with Crippen LogP contribution in [0.4, 0.5) is 11.4 Å². The molecule has 0 saturated heterocycles. The summed E-state index contributed by atoms with van der Waals surface area (Å²) in [6.45, 7) is 1.85. The van der Waals surface area contributed by atoms with Crippen LogP contribution in [0.2, 0.25) is 5.02 Å². The third-order valence-electron chi connectivity index (χ3n) is 2.17. The maximum absolute atomic E-state index is 11.6. The van der Waals surface area contributed by atoms with E-state index in [0.717, 1.165) is 0 Å². The van der Waals surface area contributed by atoms with E-state index in [1.807, 2.05) is 0 Å². The lowest BCUT2D eigenvalue weighted by atomic mass is 10.2. The molecular formula is C12H17Cl2N3O2. The molecule has 0 heterocycles. The van der Waals surface area contributed by atoms with Crippen molar-refractivity contribution in [1.82, 2.24) is 0 Å². The van der Waals surface area contributed by atoms with Gasteiger partial charge in [0.05, 0.1) is 11.4 Å². The van der Waals surface area contributed by atoms with Gasteiger partial charge >= 0.3 is 0 Å². The van der Waals surface area contributed by atoms with Gasteiger partial charge in [-0.1, -0.05) is 11.6 Å². The second-order valence-corrected chi connectivity index (χ2v) is 4.25. The molecule has 19 heavy (non-hydrogen) atoms. The molecule has 0 aliphatic heterocycles. The Labute approximate surface area is 123 Å². The van der Waals surface area contributed by atoms with Gasteiger partial charge in [-0.3, -0.25) is 9.59 Å². The number of halogens is 2. The average molecular weight is 306 g/mol. The van der Waals surface area contributed by atoms with E-state index in [9.17, 15) is 9.59 Å². The molecule has 0 unspecified atom stereocenters. The highest BCUT2D eigenvalue weighted by Gasteiger charge is 2.08. The van der Waals surface area contributed by atoms with Crippen LogP contribution in [0.3, 0.4) is 0 Å². The van der Waals surface area contributed by atoms with Crippen LogP contribution >= 0.6 is 24.0 Å². The quantitative estimate of drug-likeness (QED) is 0.781. The highest BCUT2D eigenvalue weighted by molar-refractivity contribution is 6.31. The van der Waals surface area contributed by atoms with E-state index in [1.165, 1.54) is 6.92 Å².